The number of aromatic nitrogens is 3. The number of methoxy groups -OCH3 is 1. The molecule has 8 nitrogen and oxygen atoms in total. The Morgan fingerprint density at radius 3 is 2.42 bits per heavy atom. The zero-order valence-corrected chi connectivity index (χ0v) is 22.7. The Bertz CT molecular complexity index is 1520. The largest absolute Gasteiger partial charge is 0.497 e. The van der Waals surface area contributed by atoms with Gasteiger partial charge in [-0.3, -0.25) is 14.2 Å². The number of ether oxygens (including phenoxy) is 1. The van der Waals surface area contributed by atoms with E-state index in [4.69, 9.17) is 4.74 Å². The first kappa shape index (κ1) is 28.7. The molecular weight excluding hydrogens is 543 g/mol. The molecule has 1 aromatic heterocycles. The van der Waals surface area contributed by atoms with Crippen molar-refractivity contribution in [2.45, 2.75) is 31.7 Å². The maximum Gasteiger partial charge on any atom is 0.416 e. The highest BCUT2D eigenvalue weighted by Crippen LogP contribution is 2.32. The number of thioether (sulfide) groups is 1. The molecule has 40 heavy (non-hydrogen) atoms. The lowest BCUT2D eigenvalue weighted by Crippen LogP contribution is -2.24. The number of hydrogen-bond donors (Lipinski definition) is 2. The van der Waals surface area contributed by atoms with Crippen molar-refractivity contribution >= 4 is 29.3 Å². The molecule has 1 heterocycles. The average Bonchev–Trinajstić information content (AvgIpc) is 3.35. The first-order valence-electron chi connectivity index (χ1n) is 12.1. The van der Waals surface area contributed by atoms with Gasteiger partial charge in [-0.25, -0.2) is 0 Å². The van der Waals surface area contributed by atoms with Crippen molar-refractivity contribution in [1.82, 2.24) is 20.1 Å². The van der Waals surface area contributed by atoms with Crippen LogP contribution in [0.15, 0.2) is 71.9 Å². The smallest absolute Gasteiger partial charge is 0.416 e. The van der Waals surface area contributed by atoms with Gasteiger partial charge in [0.25, 0.3) is 5.91 Å². The third-order valence-corrected chi connectivity index (χ3v) is 7.03. The minimum Gasteiger partial charge on any atom is -0.497 e. The summed E-state index contributed by atoms with van der Waals surface area (Å²) >= 11 is 1.02. The molecule has 0 atom stereocenters. The monoisotopic (exact) mass is 569 g/mol. The highest BCUT2D eigenvalue weighted by Gasteiger charge is 2.31. The van der Waals surface area contributed by atoms with Gasteiger partial charge in [-0.2, -0.15) is 13.2 Å². The molecular formula is C28H26F3N5O3S. The van der Waals surface area contributed by atoms with E-state index >= 15 is 0 Å². The summed E-state index contributed by atoms with van der Waals surface area (Å²) in [7, 11) is 1.51. The summed E-state index contributed by atoms with van der Waals surface area (Å²) in [6.07, 6.45) is -4.56. The molecule has 3 aromatic carbocycles. The predicted octanol–water partition coefficient (Wildman–Crippen LogP) is 5.57. The lowest BCUT2D eigenvalue weighted by molar-refractivity contribution is -0.137. The summed E-state index contributed by atoms with van der Waals surface area (Å²) in [5.41, 5.74) is 2.29. The molecule has 0 aliphatic rings. The number of aryl methyl sites for hydroxylation is 1. The predicted molar refractivity (Wildman–Crippen MR) is 146 cm³/mol. The average molecular weight is 570 g/mol. The van der Waals surface area contributed by atoms with Crippen LogP contribution in [-0.4, -0.2) is 39.4 Å². The van der Waals surface area contributed by atoms with E-state index in [1.807, 2.05) is 26.0 Å². The lowest BCUT2D eigenvalue weighted by atomic mass is 10.1. The molecule has 0 aliphatic heterocycles. The molecule has 0 unspecified atom stereocenters. The lowest BCUT2D eigenvalue weighted by Gasteiger charge is -2.14. The number of rotatable bonds is 9. The van der Waals surface area contributed by atoms with Gasteiger partial charge in [-0.15, -0.1) is 10.2 Å². The van der Waals surface area contributed by atoms with Crippen LogP contribution in [0.3, 0.4) is 0 Å². The maximum atomic E-state index is 13.5. The van der Waals surface area contributed by atoms with Gasteiger partial charge < -0.3 is 15.4 Å². The number of nitrogens with zero attached hydrogens (tertiary/aromatic N) is 3. The van der Waals surface area contributed by atoms with Crippen molar-refractivity contribution in [1.29, 1.82) is 0 Å². The second-order valence-electron chi connectivity index (χ2n) is 8.78. The summed E-state index contributed by atoms with van der Waals surface area (Å²) in [6, 6.07) is 16.7. The van der Waals surface area contributed by atoms with Crippen molar-refractivity contribution in [2.24, 2.45) is 0 Å². The molecule has 4 rings (SSSR count). The number of nitrogens with one attached hydrogen (secondary N) is 2. The van der Waals surface area contributed by atoms with Crippen molar-refractivity contribution in [3.05, 3.63) is 94.8 Å². The van der Waals surface area contributed by atoms with E-state index in [1.54, 1.807) is 30.3 Å². The van der Waals surface area contributed by atoms with Gasteiger partial charge in [0.1, 0.15) is 5.75 Å². The molecule has 0 saturated heterocycles. The van der Waals surface area contributed by atoms with E-state index in [9.17, 15) is 22.8 Å². The van der Waals surface area contributed by atoms with Crippen LogP contribution in [0.25, 0.3) is 5.69 Å². The van der Waals surface area contributed by atoms with Crippen LogP contribution in [0.1, 0.15) is 32.9 Å². The van der Waals surface area contributed by atoms with Gasteiger partial charge in [0.05, 0.1) is 30.7 Å². The summed E-state index contributed by atoms with van der Waals surface area (Å²) in [5, 5.41) is 14.0. The minimum atomic E-state index is -4.56. The molecule has 4 aromatic rings. The van der Waals surface area contributed by atoms with Crippen molar-refractivity contribution in [3.8, 4) is 11.4 Å². The topological polar surface area (TPSA) is 98.1 Å². The Morgan fingerprint density at radius 1 is 1.00 bits per heavy atom. The van der Waals surface area contributed by atoms with E-state index < -0.39 is 17.6 Å². The van der Waals surface area contributed by atoms with Crippen LogP contribution in [-0.2, 0) is 17.5 Å². The fourth-order valence-corrected chi connectivity index (χ4v) is 4.57. The number of anilines is 1. The Balaban J connectivity index is 1.57. The third-order valence-electron chi connectivity index (χ3n) is 6.10. The van der Waals surface area contributed by atoms with Gasteiger partial charge in [-0.1, -0.05) is 30.0 Å². The molecule has 12 heteroatoms. The SMILES string of the molecule is COc1ccc(C(=O)NCc2nnc(SCC(=O)Nc3cccc(C)c3C)n2-c2cccc(C(F)(F)F)c2)cc1. The third kappa shape index (κ3) is 6.81. The van der Waals surface area contributed by atoms with Crippen LogP contribution < -0.4 is 15.4 Å². The normalized spacial score (nSPS) is 11.2. The molecule has 0 bridgehead atoms. The van der Waals surface area contributed by atoms with Gasteiger partial charge in [-0.05, 0) is 73.5 Å². The molecule has 2 amide bonds. The number of halogens is 3. The van der Waals surface area contributed by atoms with Gasteiger partial charge >= 0.3 is 6.18 Å². The highest BCUT2D eigenvalue weighted by molar-refractivity contribution is 7.99. The fourth-order valence-electron chi connectivity index (χ4n) is 3.80. The van der Waals surface area contributed by atoms with Crippen molar-refractivity contribution in [2.75, 3.05) is 18.2 Å². The maximum absolute atomic E-state index is 13.5. The molecule has 0 radical (unpaired) electrons. The Kier molecular flexibility index (Phi) is 8.78. The number of carbonyl (C=O) groups is 2. The summed E-state index contributed by atoms with van der Waals surface area (Å²) in [6.45, 7) is 3.71. The fraction of sp³-hybridized carbons (Fsp3) is 0.214. The summed E-state index contributed by atoms with van der Waals surface area (Å²) < 4.78 is 46.9. The van der Waals surface area contributed by atoms with E-state index in [2.05, 4.69) is 20.8 Å². The van der Waals surface area contributed by atoms with Crippen molar-refractivity contribution in [3.63, 3.8) is 0 Å². The van der Waals surface area contributed by atoms with Gasteiger partial charge in [0.2, 0.25) is 5.91 Å². The van der Waals surface area contributed by atoms with Crippen molar-refractivity contribution < 1.29 is 27.5 Å². The van der Waals surface area contributed by atoms with Crippen LogP contribution >= 0.6 is 11.8 Å². The first-order valence-corrected chi connectivity index (χ1v) is 13.1. The first-order chi connectivity index (χ1) is 19.1. The van der Waals surface area contributed by atoms with E-state index in [-0.39, 0.29) is 34.9 Å². The van der Waals surface area contributed by atoms with E-state index in [0.717, 1.165) is 35.0 Å². The van der Waals surface area contributed by atoms with Crippen LogP contribution in [0.5, 0.6) is 5.75 Å². The van der Waals surface area contributed by atoms with E-state index in [1.165, 1.54) is 23.8 Å². The second kappa shape index (κ2) is 12.2. The molecule has 0 spiro atoms. The molecule has 0 fully saturated rings. The zero-order valence-electron chi connectivity index (χ0n) is 21.9. The molecule has 2 N–H and O–H groups in total. The number of hydrogen-bond acceptors (Lipinski definition) is 6. The molecule has 208 valence electrons. The number of carbonyl (C=O) groups excluding carboxylic acids is 2. The Morgan fingerprint density at radius 2 is 1.73 bits per heavy atom. The van der Waals surface area contributed by atoms with Gasteiger partial charge in [0.15, 0.2) is 11.0 Å². The quantitative estimate of drug-likeness (QED) is 0.256. The zero-order chi connectivity index (χ0) is 28.9. The second-order valence-corrected chi connectivity index (χ2v) is 9.72. The standard InChI is InChI=1S/C28H26F3N5O3S/c1-17-6-4-9-23(18(17)2)33-25(37)16-40-27-35-34-24(15-32-26(38)19-10-12-22(39-3)13-11-19)36(27)21-8-5-7-20(14-21)28(29,30)31/h4-14H,15-16H2,1-3H3,(H,32,38)(H,33,37). The number of amides is 2. The minimum absolute atomic E-state index is 0.0668. The Hall–Kier alpha value is -4.32. The molecule has 0 saturated carbocycles. The van der Waals surface area contributed by atoms with E-state index in [0.29, 0.717) is 17.0 Å². The van der Waals surface area contributed by atoms with Crippen LogP contribution in [0, 0.1) is 13.8 Å². The summed E-state index contributed by atoms with van der Waals surface area (Å²) in [5.74, 6) is -0.0133. The number of alkyl halides is 3. The highest BCUT2D eigenvalue weighted by atomic mass is 32.2. The summed E-state index contributed by atoms with van der Waals surface area (Å²) in [4.78, 5) is 25.4. The Labute approximate surface area is 233 Å². The molecule has 0 aliphatic carbocycles. The van der Waals surface area contributed by atoms with Gasteiger partial charge in [0, 0.05) is 11.3 Å². The number of benzene rings is 3. The van der Waals surface area contributed by atoms with Crippen LogP contribution in [0.4, 0.5) is 18.9 Å². The van der Waals surface area contributed by atoms with Crippen LogP contribution in [0.2, 0.25) is 0 Å².